The molecule has 0 saturated heterocycles. The zero-order valence-corrected chi connectivity index (χ0v) is 14.7. The molecular formula is C18H13ClF3N3O2. The highest BCUT2D eigenvalue weighted by Crippen LogP contribution is 2.30. The molecular weight excluding hydrogens is 383 g/mol. The molecule has 0 aliphatic heterocycles. The van der Waals surface area contributed by atoms with Gasteiger partial charge in [0.15, 0.2) is 0 Å². The molecule has 140 valence electrons. The molecule has 5 nitrogen and oxygen atoms in total. The summed E-state index contributed by atoms with van der Waals surface area (Å²) in [6.45, 7) is 0. The van der Waals surface area contributed by atoms with Crippen LogP contribution in [-0.4, -0.2) is 13.0 Å². The lowest BCUT2D eigenvalue weighted by atomic mass is 10.2. The Morgan fingerprint density at radius 3 is 2.44 bits per heavy atom. The van der Waals surface area contributed by atoms with E-state index in [0.29, 0.717) is 10.8 Å². The van der Waals surface area contributed by atoms with Gasteiger partial charge in [-0.3, -0.25) is 4.79 Å². The van der Waals surface area contributed by atoms with Crippen molar-refractivity contribution in [2.24, 2.45) is 0 Å². The predicted octanol–water partition coefficient (Wildman–Crippen LogP) is 4.83. The van der Waals surface area contributed by atoms with Crippen LogP contribution in [0.15, 0.2) is 54.2 Å². The molecule has 2 N–H and O–H groups in total. The summed E-state index contributed by atoms with van der Waals surface area (Å²) in [5.41, 5.74) is -0.546. The Labute approximate surface area is 158 Å². The molecule has 0 saturated carbocycles. The minimum Gasteiger partial charge on any atom is -0.495 e. The zero-order valence-electron chi connectivity index (χ0n) is 13.9. The summed E-state index contributed by atoms with van der Waals surface area (Å²) in [7, 11) is 1.41. The number of amides is 1. The quantitative estimate of drug-likeness (QED) is 0.562. The third kappa shape index (κ3) is 5.39. The fraction of sp³-hybridized carbons (Fsp3) is 0.111. The number of halogens is 4. The molecule has 2 rings (SSSR count). The molecule has 1 amide bonds. The number of rotatable bonds is 5. The first-order valence-corrected chi connectivity index (χ1v) is 7.81. The standard InChI is InChI=1S/C18H13ClF3N3O2/c1-27-16-7-4-13(19)8-15(16)25-17(26)11(9-23)10-24-14-5-2-12(3-6-14)18(20,21)22/h2-8,10,24H,1H3,(H,25,26)/b11-10-. The first-order chi connectivity index (χ1) is 12.7. The Balaban J connectivity index is 2.13. The molecule has 2 aromatic rings. The smallest absolute Gasteiger partial charge is 0.416 e. The van der Waals surface area contributed by atoms with Crippen molar-refractivity contribution in [1.82, 2.24) is 0 Å². The van der Waals surface area contributed by atoms with Crippen molar-refractivity contribution < 1.29 is 22.7 Å². The summed E-state index contributed by atoms with van der Waals surface area (Å²) in [5.74, 6) is -0.391. The highest BCUT2D eigenvalue weighted by Gasteiger charge is 2.29. The minimum absolute atomic E-state index is 0.269. The third-order valence-electron chi connectivity index (χ3n) is 3.37. The van der Waals surface area contributed by atoms with E-state index < -0.39 is 17.6 Å². The summed E-state index contributed by atoms with van der Waals surface area (Å²) in [6.07, 6.45) is -3.35. The van der Waals surface area contributed by atoms with Gasteiger partial charge in [0.2, 0.25) is 0 Å². The van der Waals surface area contributed by atoms with Crippen LogP contribution in [0.2, 0.25) is 5.02 Å². The summed E-state index contributed by atoms with van der Waals surface area (Å²) < 4.78 is 42.7. The van der Waals surface area contributed by atoms with Gasteiger partial charge < -0.3 is 15.4 Å². The van der Waals surface area contributed by atoms with E-state index in [4.69, 9.17) is 21.6 Å². The maximum Gasteiger partial charge on any atom is 0.416 e. The first-order valence-electron chi connectivity index (χ1n) is 7.43. The average molecular weight is 396 g/mol. The van der Waals surface area contributed by atoms with Crippen molar-refractivity contribution in [3.05, 3.63) is 64.8 Å². The van der Waals surface area contributed by atoms with Gasteiger partial charge in [0.05, 0.1) is 18.4 Å². The van der Waals surface area contributed by atoms with Crippen molar-refractivity contribution in [2.75, 3.05) is 17.7 Å². The molecule has 0 spiro atoms. The number of hydrogen-bond acceptors (Lipinski definition) is 4. The topological polar surface area (TPSA) is 74.1 Å². The number of hydrogen-bond donors (Lipinski definition) is 2. The number of carbonyl (C=O) groups is 1. The Bertz CT molecular complexity index is 904. The molecule has 0 aliphatic carbocycles. The Morgan fingerprint density at radius 1 is 1.22 bits per heavy atom. The summed E-state index contributed by atoms with van der Waals surface area (Å²) in [6, 6.07) is 10.4. The molecule has 27 heavy (non-hydrogen) atoms. The fourth-order valence-corrected chi connectivity index (χ4v) is 2.20. The van der Waals surface area contributed by atoms with E-state index in [-0.39, 0.29) is 16.9 Å². The normalized spacial score (nSPS) is 11.5. The number of methoxy groups -OCH3 is 1. The van der Waals surface area contributed by atoms with Crippen LogP contribution in [0.1, 0.15) is 5.56 Å². The lowest BCUT2D eigenvalue weighted by Crippen LogP contribution is -2.15. The molecule has 0 aliphatic rings. The van der Waals surface area contributed by atoms with Gasteiger partial charge in [0, 0.05) is 16.9 Å². The van der Waals surface area contributed by atoms with E-state index in [2.05, 4.69) is 10.6 Å². The van der Waals surface area contributed by atoms with Gasteiger partial charge in [-0.15, -0.1) is 0 Å². The molecule has 0 unspecified atom stereocenters. The van der Waals surface area contributed by atoms with E-state index in [1.165, 1.54) is 25.3 Å². The van der Waals surface area contributed by atoms with E-state index in [0.717, 1.165) is 18.3 Å². The van der Waals surface area contributed by atoms with Crippen molar-refractivity contribution in [2.45, 2.75) is 6.18 Å². The summed E-state index contributed by atoms with van der Waals surface area (Å²) in [5, 5.41) is 14.6. The lowest BCUT2D eigenvalue weighted by Gasteiger charge is -2.10. The first kappa shape index (κ1) is 20.1. The maximum atomic E-state index is 12.5. The number of ether oxygens (including phenoxy) is 1. The molecule has 0 radical (unpaired) electrons. The molecule has 0 aromatic heterocycles. The van der Waals surface area contributed by atoms with Crippen LogP contribution in [0.25, 0.3) is 0 Å². The Hall–Kier alpha value is -3.18. The van der Waals surface area contributed by atoms with Crippen molar-refractivity contribution in [3.63, 3.8) is 0 Å². The van der Waals surface area contributed by atoms with Gasteiger partial charge in [0.1, 0.15) is 17.4 Å². The highest BCUT2D eigenvalue weighted by molar-refractivity contribution is 6.31. The van der Waals surface area contributed by atoms with Crippen LogP contribution in [0, 0.1) is 11.3 Å². The Kier molecular flexibility index (Phi) is 6.32. The average Bonchev–Trinajstić information content (AvgIpc) is 2.62. The lowest BCUT2D eigenvalue weighted by molar-refractivity contribution is -0.137. The number of nitriles is 1. The van der Waals surface area contributed by atoms with Gasteiger partial charge >= 0.3 is 6.18 Å². The van der Waals surface area contributed by atoms with Crippen molar-refractivity contribution >= 4 is 28.9 Å². The van der Waals surface area contributed by atoms with Crippen LogP contribution in [-0.2, 0) is 11.0 Å². The van der Waals surface area contributed by atoms with Gasteiger partial charge in [-0.05, 0) is 42.5 Å². The van der Waals surface area contributed by atoms with E-state index in [9.17, 15) is 18.0 Å². The number of nitrogens with one attached hydrogen (secondary N) is 2. The monoisotopic (exact) mass is 395 g/mol. The second-order valence-electron chi connectivity index (χ2n) is 5.19. The molecule has 9 heteroatoms. The minimum atomic E-state index is -4.44. The van der Waals surface area contributed by atoms with Gasteiger partial charge in [0.25, 0.3) is 5.91 Å². The Morgan fingerprint density at radius 2 is 1.89 bits per heavy atom. The van der Waals surface area contributed by atoms with Crippen LogP contribution in [0.5, 0.6) is 5.75 Å². The highest BCUT2D eigenvalue weighted by atomic mass is 35.5. The maximum absolute atomic E-state index is 12.5. The molecule has 2 aromatic carbocycles. The molecule has 0 heterocycles. The number of carbonyl (C=O) groups excluding carboxylic acids is 1. The third-order valence-corrected chi connectivity index (χ3v) is 3.61. The van der Waals surface area contributed by atoms with Gasteiger partial charge in [-0.25, -0.2) is 0 Å². The van der Waals surface area contributed by atoms with Crippen molar-refractivity contribution in [1.29, 1.82) is 5.26 Å². The second kappa shape index (κ2) is 8.47. The number of nitrogens with zero attached hydrogens (tertiary/aromatic N) is 1. The van der Waals surface area contributed by atoms with Crippen LogP contribution in [0.3, 0.4) is 0 Å². The van der Waals surface area contributed by atoms with Gasteiger partial charge in [-0.1, -0.05) is 11.6 Å². The largest absolute Gasteiger partial charge is 0.495 e. The van der Waals surface area contributed by atoms with Crippen LogP contribution in [0.4, 0.5) is 24.5 Å². The van der Waals surface area contributed by atoms with Gasteiger partial charge in [-0.2, -0.15) is 18.4 Å². The molecule has 0 bridgehead atoms. The summed E-state index contributed by atoms with van der Waals surface area (Å²) >= 11 is 5.88. The van der Waals surface area contributed by atoms with Crippen molar-refractivity contribution in [3.8, 4) is 11.8 Å². The second-order valence-corrected chi connectivity index (χ2v) is 5.62. The SMILES string of the molecule is COc1ccc(Cl)cc1NC(=O)/C(C#N)=C\Nc1ccc(C(F)(F)F)cc1. The zero-order chi connectivity index (χ0) is 20.0. The van der Waals surface area contributed by atoms with E-state index >= 15 is 0 Å². The van der Waals surface area contributed by atoms with Crippen LogP contribution >= 0.6 is 11.6 Å². The van der Waals surface area contributed by atoms with E-state index in [1.54, 1.807) is 18.2 Å². The number of anilines is 2. The number of benzene rings is 2. The fourth-order valence-electron chi connectivity index (χ4n) is 2.03. The van der Waals surface area contributed by atoms with E-state index in [1.807, 2.05) is 0 Å². The summed E-state index contributed by atoms with van der Waals surface area (Å²) in [4.78, 5) is 12.2. The van der Waals surface area contributed by atoms with Crippen LogP contribution < -0.4 is 15.4 Å². The predicted molar refractivity (Wildman–Crippen MR) is 95.4 cm³/mol. The number of alkyl halides is 3. The molecule has 0 atom stereocenters. The molecule has 0 fully saturated rings.